The standard InChI is InChI=1S/C9H18N4/c1-8(2)13-7-10-5-9(13)6-11-12(3)4/h5,7-8,11H,6H2,1-4H3. The van der Waals surface area contributed by atoms with Gasteiger partial charge in [0.15, 0.2) is 0 Å². The van der Waals surface area contributed by atoms with Crippen molar-refractivity contribution in [2.45, 2.75) is 26.4 Å². The molecule has 0 fully saturated rings. The largest absolute Gasteiger partial charge is 0.331 e. The second-order valence-corrected chi connectivity index (χ2v) is 3.62. The van der Waals surface area contributed by atoms with Crippen molar-refractivity contribution >= 4 is 0 Å². The van der Waals surface area contributed by atoms with Crippen LogP contribution in [0.15, 0.2) is 12.5 Å². The monoisotopic (exact) mass is 182 g/mol. The maximum atomic E-state index is 4.13. The zero-order valence-corrected chi connectivity index (χ0v) is 8.78. The number of hydrogen-bond donors (Lipinski definition) is 1. The summed E-state index contributed by atoms with van der Waals surface area (Å²) in [5.41, 5.74) is 4.43. The Kier molecular flexibility index (Phi) is 3.45. The lowest BCUT2D eigenvalue weighted by Gasteiger charge is -2.15. The normalized spacial score (nSPS) is 11.5. The molecule has 0 aromatic carbocycles. The van der Waals surface area contributed by atoms with Gasteiger partial charge < -0.3 is 4.57 Å². The van der Waals surface area contributed by atoms with Crippen LogP contribution in [0, 0.1) is 0 Å². The minimum Gasteiger partial charge on any atom is -0.331 e. The van der Waals surface area contributed by atoms with Crippen molar-refractivity contribution in [1.29, 1.82) is 0 Å². The zero-order chi connectivity index (χ0) is 9.84. The van der Waals surface area contributed by atoms with Gasteiger partial charge in [-0.2, -0.15) is 0 Å². The molecule has 4 heteroatoms. The van der Waals surface area contributed by atoms with Gasteiger partial charge in [-0.15, -0.1) is 0 Å². The molecule has 0 amide bonds. The Balaban J connectivity index is 2.60. The van der Waals surface area contributed by atoms with Crippen LogP contribution in [0.3, 0.4) is 0 Å². The van der Waals surface area contributed by atoms with Gasteiger partial charge in [0.2, 0.25) is 0 Å². The molecule has 4 nitrogen and oxygen atoms in total. The maximum Gasteiger partial charge on any atom is 0.0951 e. The third-order valence-corrected chi connectivity index (χ3v) is 1.88. The summed E-state index contributed by atoms with van der Waals surface area (Å²) in [4.78, 5) is 4.13. The molecule has 1 aromatic heterocycles. The molecule has 1 rings (SSSR count). The smallest absolute Gasteiger partial charge is 0.0951 e. The molecular weight excluding hydrogens is 164 g/mol. The number of hydrazine groups is 1. The van der Waals surface area contributed by atoms with Crippen molar-refractivity contribution in [2.75, 3.05) is 14.1 Å². The van der Waals surface area contributed by atoms with Gasteiger partial charge in [0, 0.05) is 26.3 Å². The lowest BCUT2D eigenvalue weighted by molar-refractivity contribution is 0.280. The Bertz CT molecular complexity index is 252. The van der Waals surface area contributed by atoms with Crippen LogP contribution in [0.1, 0.15) is 25.6 Å². The van der Waals surface area contributed by atoms with Crippen molar-refractivity contribution < 1.29 is 0 Å². The van der Waals surface area contributed by atoms with Crippen molar-refractivity contribution in [1.82, 2.24) is 20.0 Å². The molecule has 0 radical (unpaired) electrons. The third kappa shape index (κ3) is 2.82. The lowest BCUT2D eigenvalue weighted by Crippen LogP contribution is -2.30. The van der Waals surface area contributed by atoms with E-state index in [9.17, 15) is 0 Å². The summed E-state index contributed by atoms with van der Waals surface area (Å²) in [6.45, 7) is 5.13. The fourth-order valence-electron chi connectivity index (χ4n) is 1.17. The number of imidazole rings is 1. The molecule has 0 atom stereocenters. The summed E-state index contributed by atoms with van der Waals surface area (Å²) >= 11 is 0. The molecule has 0 bridgehead atoms. The van der Waals surface area contributed by atoms with Gasteiger partial charge in [-0.1, -0.05) is 0 Å². The van der Waals surface area contributed by atoms with E-state index in [1.54, 1.807) is 0 Å². The first kappa shape index (κ1) is 10.2. The number of nitrogens with one attached hydrogen (secondary N) is 1. The molecule has 0 unspecified atom stereocenters. The van der Waals surface area contributed by atoms with Gasteiger partial charge in [-0.3, -0.25) is 5.01 Å². The van der Waals surface area contributed by atoms with Crippen LogP contribution < -0.4 is 5.43 Å². The first-order valence-electron chi connectivity index (χ1n) is 4.52. The highest BCUT2D eigenvalue weighted by atomic mass is 15.5. The topological polar surface area (TPSA) is 33.1 Å². The molecular formula is C9H18N4. The fraction of sp³-hybridized carbons (Fsp3) is 0.667. The van der Waals surface area contributed by atoms with Crippen LogP contribution >= 0.6 is 0 Å². The van der Waals surface area contributed by atoms with E-state index in [0.29, 0.717) is 6.04 Å². The van der Waals surface area contributed by atoms with E-state index >= 15 is 0 Å². The van der Waals surface area contributed by atoms with Crippen LogP contribution in [0.2, 0.25) is 0 Å². The van der Waals surface area contributed by atoms with Gasteiger partial charge in [0.25, 0.3) is 0 Å². The van der Waals surface area contributed by atoms with Crippen LogP contribution in [0.25, 0.3) is 0 Å². The molecule has 0 saturated carbocycles. The average molecular weight is 182 g/mol. The van der Waals surface area contributed by atoms with Crippen LogP contribution in [-0.2, 0) is 6.54 Å². The predicted octanol–water partition coefficient (Wildman–Crippen LogP) is 1.03. The van der Waals surface area contributed by atoms with Gasteiger partial charge in [-0.05, 0) is 13.8 Å². The fourth-order valence-corrected chi connectivity index (χ4v) is 1.17. The molecule has 0 spiro atoms. The minimum absolute atomic E-state index is 0.474. The van der Waals surface area contributed by atoms with Gasteiger partial charge in [-0.25, -0.2) is 10.4 Å². The first-order chi connectivity index (χ1) is 6.11. The summed E-state index contributed by atoms with van der Waals surface area (Å²) in [5.74, 6) is 0. The molecule has 1 aromatic rings. The number of nitrogens with zero attached hydrogens (tertiary/aromatic N) is 3. The van der Waals surface area contributed by atoms with Gasteiger partial charge >= 0.3 is 0 Å². The summed E-state index contributed by atoms with van der Waals surface area (Å²) in [6.07, 6.45) is 3.77. The highest BCUT2D eigenvalue weighted by Crippen LogP contribution is 2.07. The quantitative estimate of drug-likeness (QED) is 0.706. The molecule has 0 aliphatic rings. The highest BCUT2D eigenvalue weighted by molar-refractivity contribution is 4.98. The van der Waals surface area contributed by atoms with E-state index in [0.717, 1.165) is 6.54 Å². The molecule has 0 aliphatic carbocycles. The molecule has 1 N–H and O–H groups in total. The van der Waals surface area contributed by atoms with Crippen LogP contribution in [0.4, 0.5) is 0 Å². The van der Waals surface area contributed by atoms with Crippen LogP contribution in [0.5, 0.6) is 0 Å². The summed E-state index contributed by atoms with van der Waals surface area (Å²) < 4.78 is 2.16. The Morgan fingerprint density at radius 3 is 2.77 bits per heavy atom. The highest BCUT2D eigenvalue weighted by Gasteiger charge is 2.04. The van der Waals surface area contributed by atoms with E-state index < -0.39 is 0 Å². The second-order valence-electron chi connectivity index (χ2n) is 3.62. The average Bonchev–Trinajstić information content (AvgIpc) is 2.47. The summed E-state index contributed by atoms with van der Waals surface area (Å²) in [7, 11) is 3.96. The Morgan fingerprint density at radius 1 is 1.54 bits per heavy atom. The minimum atomic E-state index is 0.474. The number of rotatable bonds is 4. The van der Waals surface area contributed by atoms with Crippen molar-refractivity contribution in [3.8, 4) is 0 Å². The predicted molar refractivity (Wildman–Crippen MR) is 53.1 cm³/mol. The van der Waals surface area contributed by atoms with E-state index in [2.05, 4.69) is 28.8 Å². The van der Waals surface area contributed by atoms with E-state index in [1.807, 2.05) is 31.6 Å². The Hall–Kier alpha value is -0.870. The molecule has 1 heterocycles. The van der Waals surface area contributed by atoms with E-state index in [4.69, 9.17) is 0 Å². The summed E-state index contributed by atoms with van der Waals surface area (Å²) in [5, 5.41) is 1.94. The van der Waals surface area contributed by atoms with Crippen molar-refractivity contribution in [3.05, 3.63) is 18.2 Å². The number of hydrogen-bond acceptors (Lipinski definition) is 3. The first-order valence-corrected chi connectivity index (χ1v) is 4.52. The van der Waals surface area contributed by atoms with Gasteiger partial charge in [0.1, 0.15) is 0 Å². The SMILES string of the molecule is CC(C)n1cncc1CNN(C)C. The molecule has 0 aliphatic heterocycles. The van der Waals surface area contributed by atoms with Crippen molar-refractivity contribution in [3.63, 3.8) is 0 Å². The maximum absolute atomic E-state index is 4.13. The Labute approximate surface area is 79.5 Å². The lowest BCUT2D eigenvalue weighted by atomic mass is 10.3. The molecule has 74 valence electrons. The van der Waals surface area contributed by atoms with Gasteiger partial charge in [0.05, 0.1) is 18.6 Å². The summed E-state index contributed by atoms with van der Waals surface area (Å²) in [6, 6.07) is 0.474. The molecule has 0 saturated heterocycles. The van der Waals surface area contributed by atoms with Crippen LogP contribution in [-0.4, -0.2) is 28.7 Å². The molecule has 13 heavy (non-hydrogen) atoms. The second kappa shape index (κ2) is 4.39. The van der Waals surface area contributed by atoms with E-state index in [-0.39, 0.29) is 0 Å². The Morgan fingerprint density at radius 2 is 2.23 bits per heavy atom. The zero-order valence-electron chi connectivity index (χ0n) is 8.78. The number of aromatic nitrogens is 2. The van der Waals surface area contributed by atoms with E-state index in [1.165, 1.54) is 5.69 Å². The third-order valence-electron chi connectivity index (χ3n) is 1.88. The van der Waals surface area contributed by atoms with Crippen molar-refractivity contribution in [2.24, 2.45) is 0 Å².